The van der Waals surface area contributed by atoms with Crippen LogP contribution in [0.15, 0.2) is 24.3 Å². The average Bonchev–Trinajstić information content (AvgIpc) is 2.28. The third kappa shape index (κ3) is 4.11. The topological polar surface area (TPSA) is 38.3 Å². The molecule has 0 heterocycles. The standard InChI is InChI=1S/C12H16ClNO2/c1-3-9(2)14-12(15)8-16-11-7-5-4-6-10(11)13/h4-7,9H,3,8H2,1-2H3,(H,14,15)/t9-/m0/s1. The number of ether oxygens (including phenoxy) is 1. The van der Waals surface area contributed by atoms with Crippen molar-refractivity contribution in [3.63, 3.8) is 0 Å². The molecule has 0 fully saturated rings. The first kappa shape index (κ1) is 12.8. The predicted molar refractivity (Wildman–Crippen MR) is 64.8 cm³/mol. The number of para-hydroxylation sites is 1. The first-order valence-electron chi connectivity index (χ1n) is 5.30. The van der Waals surface area contributed by atoms with Crippen molar-refractivity contribution < 1.29 is 9.53 Å². The second-order valence-electron chi connectivity index (χ2n) is 3.60. The fraction of sp³-hybridized carbons (Fsp3) is 0.417. The molecule has 16 heavy (non-hydrogen) atoms. The summed E-state index contributed by atoms with van der Waals surface area (Å²) in [5.74, 6) is 0.401. The van der Waals surface area contributed by atoms with Crippen LogP contribution in [0.5, 0.6) is 5.75 Å². The van der Waals surface area contributed by atoms with Gasteiger partial charge < -0.3 is 10.1 Å². The first-order valence-corrected chi connectivity index (χ1v) is 5.68. The van der Waals surface area contributed by atoms with E-state index in [2.05, 4.69) is 5.32 Å². The first-order chi connectivity index (χ1) is 7.63. The van der Waals surface area contributed by atoms with Crippen molar-refractivity contribution in [2.45, 2.75) is 26.3 Å². The van der Waals surface area contributed by atoms with Crippen LogP contribution in [0.3, 0.4) is 0 Å². The molecule has 0 spiro atoms. The lowest BCUT2D eigenvalue weighted by atomic mass is 10.2. The SMILES string of the molecule is CC[C@H](C)NC(=O)COc1ccccc1Cl. The van der Waals surface area contributed by atoms with Crippen molar-refractivity contribution in [1.29, 1.82) is 0 Å². The summed E-state index contributed by atoms with van der Waals surface area (Å²) in [5.41, 5.74) is 0. The third-order valence-electron chi connectivity index (χ3n) is 2.22. The van der Waals surface area contributed by atoms with Crippen LogP contribution in [-0.2, 0) is 4.79 Å². The molecule has 0 aromatic heterocycles. The van der Waals surface area contributed by atoms with E-state index >= 15 is 0 Å². The Kier molecular flexibility index (Phi) is 5.12. The van der Waals surface area contributed by atoms with Gasteiger partial charge in [-0.05, 0) is 25.5 Å². The maximum absolute atomic E-state index is 11.4. The molecule has 1 rings (SSSR count). The Morgan fingerprint density at radius 3 is 2.81 bits per heavy atom. The van der Waals surface area contributed by atoms with Crippen molar-refractivity contribution in [2.75, 3.05) is 6.61 Å². The maximum atomic E-state index is 11.4. The van der Waals surface area contributed by atoms with E-state index in [0.717, 1.165) is 6.42 Å². The van der Waals surface area contributed by atoms with Gasteiger partial charge in [-0.3, -0.25) is 4.79 Å². The zero-order valence-corrected chi connectivity index (χ0v) is 10.3. The average molecular weight is 242 g/mol. The number of benzene rings is 1. The van der Waals surface area contributed by atoms with Crippen molar-refractivity contribution >= 4 is 17.5 Å². The Hall–Kier alpha value is -1.22. The van der Waals surface area contributed by atoms with E-state index in [1.54, 1.807) is 12.1 Å². The zero-order valence-electron chi connectivity index (χ0n) is 9.50. The zero-order chi connectivity index (χ0) is 12.0. The number of rotatable bonds is 5. The number of halogens is 1. The number of carbonyl (C=O) groups excluding carboxylic acids is 1. The summed E-state index contributed by atoms with van der Waals surface area (Å²) >= 11 is 5.88. The Bertz CT molecular complexity index is 355. The minimum atomic E-state index is -0.130. The van der Waals surface area contributed by atoms with Crippen LogP contribution in [0.2, 0.25) is 5.02 Å². The number of hydrogen-bond donors (Lipinski definition) is 1. The van der Waals surface area contributed by atoms with E-state index in [-0.39, 0.29) is 18.6 Å². The van der Waals surface area contributed by atoms with Crippen LogP contribution >= 0.6 is 11.6 Å². The van der Waals surface area contributed by atoms with Crippen LogP contribution in [0.25, 0.3) is 0 Å². The van der Waals surface area contributed by atoms with E-state index < -0.39 is 0 Å². The highest BCUT2D eigenvalue weighted by Gasteiger charge is 2.07. The van der Waals surface area contributed by atoms with Gasteiger partial charge in [0.2, 0.25) is 0 Å². The highest BCUT2D eigenvalue weighted by molar-refractivity contribution is 6.32. The largest absolute Gasteiger partial charge is 0.482 e. The molecule has 1 N–H and O–H groups in total. The summed E-state index contributed by atoms with van der Waals surface area (Å²) in [4.78, 5) is 11.4. The predicted octanol–water partition coefficient (Wildman–Crippen LogP) is 2.63. The number of nitrogens with one attached hydrogen (secondary N) is 1. The van der Waals surface area contributed by atoms with Gasteiger partial charge in [-0.15, -0.1) is 0 Å². The van der Waals surface area contributed by atoms with E-state index in [9.17, 15) is 4.79 Å². The molecule has 0 aliphatic heterocycles. The molecule has 0 saturated heterocycles. The second-order valence-corrected chi connectivity index (χ2v) is 4.00. The van der Waals surface area contributed by atoms with Crippen molar-refractivity contribution in [3.05, 3.63) is 29.3 Å². The lowest BCUT2D eigenvalue weighted by Crippen LogP contribution is -2.35. The maximum Gasteiger partial charge on any atom is 0.258 e. The van der Waals surface area contributed by atoms with Gasteiger partial charge in [-0.2, -0.15) is 0 Å². The molecule has 88 valence electrons. The van der Waals surface area contributed by atoms with Gasteiger partial charge in [-0.25, -0.2) is 0 Å². The number of amides is 1. The fourth-order valence-electron chi connectivity index (χ4n) is 1.12. The Labute approximate surface area is 101 Å². The normalized spacial score (nSPS) is 11.9. The molecule has 1 amide bonds. The summed E-state index contributed by atoms with van der Waals surface area (Å²) in [7, 11) is 0. The number of hydrogen-bond acceptors (Lipinski definition) is 2. The van der Waals surface area contributed by atoms with Crippen LogP contribution in [0, 0.1) is 0 Å². The molecular formula is C12H16ClNO2. The van der Waals surface area contributed by atoms with Gasteiger partial charge >= 0.3 is 0 Å². The molecule has 0 unspecified atom stereocenters. The molecule has 0 saturated carbocycles. The van der Waals surface area contributed by atoms with Crippen LogP contribution < -0.4 is 10.1 Å². The van der Waals surface area contributed by atoms with E-state index in [4.69, 9.17) is 16.3 Å². The van der Waals surface area contributed by atoms with Gasteiger partial charge in [0.1, 0.15) is 5.75 Å². The Morgan fingerprint density at radius 2 is 2.19 bits per heavy atom. The van der Waals surface area contributed by atoms with Crippen LogP contribution in [0.4, 0.5) is 0 Å². The highest BCUT2D eigenvalue weighted by atomic mass is 35.5. The Morgan fingerprint density at radius 1 is 1.50 bits per heavy atom. The molecule has 0 aliphatic rings. The van der Waals surface area contributed by atoms with Crippen molar-refractivity contribution in [2.24, 2.45) is 0 Å². The third-order valence-corrected chi connectivity index (χ3v) is 2.53. The van der Waals surface area contributed by atoms with Gasteiger partial charge in [0, 0.05) is 6.04 Å². The molecule has 0 aliphatic carbocycles. The summed E-state index contributed by atoms with van der Waals surface area (Å²) in [6, 6.07) is 7.26. The van der Waals surface area contributed by atoms with Crippen molar-refractivity contribution in [3.8, 4) is 5.75 Å². The van der Waals surface area contributed by atoms with Crippen LogP contribution in [0.1, 0.15) is 20.3 Å². The molecule has 1 aromatic rings. The van der Waals surface area contributed by atoms with E-state index in [0.29, 0.717) is 10.8 Å². The minimum Gasteiger partial charge on any atom is -0.482 e. The lowest BCUT2D eigenvalue weighted by molar-refractivity contribution is -0.123. The van der Waals surface area contributed by atoms with Crippen molar-refractivity contribution in [1.82, 2.24) is 5.32 Å². The van der Waals surface area contributed by atoms with Crippen LogP contribution in [-0.4, -0.2) is 18.6 Å². The molecule has 1 atom stereocenters. The molecule has 4 heteroatoms. The van der Waals surface area contributed by atoms with E-state index in [1.807, 2.05) is 26.0 Å². The monoisotopic (exact) mass is 241 g/mol. The molecule has 0 radical (unpaired) electrons. The molecule has 1 aromatic carbocycles. The Balaban J connectivity index is 2.40. The van der Waals surface area contributed by atoms with E-state index in [1.165, 1.54) is 0 Å². The summed E-state index contributed by atoms with van der Waals surface area (Å²) in [6.45, 7) is 3.96. The van der Waals surface area contributed by atoms with Gasteiger partial charge in [0.05, 0.1) is 5.02 Å². The van der Waals surface area contributed by atoms with Gasteiger partial charge in [0.25, 0.3) is 5.91 Å². The summed E-state index contributed by atoms with van der Waals surface area (Å²) < 4.78 is 5.30. The van der Waals surface area contributed by atoms with Gasteiger partial charge in [-0.1, -0.05) is 30.7 Å². The molecule has 3 nitrogen and oxygen atoms in total. The smallest absolute Gasteiger partial charge is 0.258 e. The molecule has 0 bridgehead atoms. The fourth-order valence-corrected chi connectivity index (χ4v) is 1.31. The highest BCUT2D eigenvalue weighted by Crippen LogP contribution is 2.22. The summed E-state index contributed by atoms with van der Waals surface area (Å²) in [6.07, 6.45) is 0.901. The quantitative estimate of drug-likeness (QED) is 0.861. The minimum absolute atomic E-state index is 0.00588. The molecular weight excluding hydrogens is 226 g/mol. The lowest BCUT2D eigenvalue weighted by Gasteiger charge is -2.12. The number of carbonyl (C=O) groups is 1. The van der Waals surface area contributed by atoms with Gasteiger partial charge in [0.15, 0.2) is 6.61 Å². The summed E-state index contributed by atoms with van der Waals surface area (Å²) in [5, 5.41) is 3.33. The second kappa shape index (κ2) is 6.38.